The van der Waals surface area contributed by atoms with Gasteiger partial charge in [0.15, 0.2) is 0 Å². The zero-order valence-corrected chi connectivity index (χ0v) is 10.4. The van der Waals surface area contributed by atoms with Crippen molar-refractivity contribution in [3.05, 3.63) is 35.7 Å². The topological polar surface area (TPSA) is 71.9 Å². The monoisotopic (exact) mass is 255 g/mol. The first-order chi connectivity index (χ1) is 9.38. The van der Waals surface area contributed by atoms with Crippen molar-refractivity contribution in [3.8, 4) is 17.5 Å². The Morgan fingerprint density at radius 3 is 3.05 bits per heavy atom. The van der Waals surface area contributed by atoms with E-state index < -0.39 is 0 Å². The number of hydrogen-bond donors (Lipinski definition) is 0. The second-order valence-electron chi connectivity index (χ2n) is 4.45. The van der Waals surface area contributed by atoms with Gasteiger partial charge in [-0.1, -0.05) is 23.4 Å². The molecule has 0 spiro atoms. The third-order valence-corrected chi connectivity index (χ3v) is 3.18. The third kappa shape index (κ3) is 2.35. The summed E-state index contributed by atoms with van der Waals surface area (Å²) in [6.07, 6.45) is 2.23. The smallest absolute Gasteiger partial charge is 0.258 e. The van der Waals surface area contributed by atoms with Crippen molar-refractivity contribution in [2.24, 2.45) is 0 Å². The summed E-state index contributed by atoms with van der Waals surface area (Å²) < 4.78 is 10.8. The first kappa shape index (κ1) is 11.9. The van der Waals surface area contributed by atoms with Crippen LogP contribution in [0, 0.1) is 11.3 Å². The number of nitriles is 1. The average Bonchev–Trinajstić information content (AvgIpc) is 3.11. The number of benzene rings is 1. The molecule has 0 aliphatic carbocycles. The van der Waals surface area contributed by atoms with E-state index in [1.165, 1.54) is 0 Å². The summed E-state index contributed by atoms with van der Waals surface area (Å²) in [7, 11) is 0. The van der Waals surface area contributed by atoms with E-state index in [2.05, 4.69) is 16.2 Å². The van der Waals surface area contributed by atoms with Gasteiger partial charge in [0.05, 0.1) is 12.5 Å². The maximum atomic E-state index is 8.83. The summed E-state index contributed by atoms with van der Waals surface area (Å²) in [6, 6.07) is 9.72. The lowest BCUT2D eigenvalue weighted by molar-refractivity contribution is 0.103. The van der Waals surface area contributed by atoms with Crippen molar-refractivity contribution in [2.75, 3.05) is 6.61 Å². The Hall–Kier alpha value is -2.19. The molecule has 1 aliphatic heterocycles. The lowest BCUT2D eigenvalue weighted by Crippen LogP contribution is -1.98. The average molecular weight is 255 g/mol. The van der Waals surface area contributed by atoms with Gasteiger partial charge in [0.2, 0.25) is 5.82 Å². The van der Waals surface area contributed by atoms with Gasteiger partial charge in [-0.3, -0.25) is 0 Å². The molecule has 1 saturated heterocycles. The fourth-order valence-corrected chi connectivity index (χ4v) is 2.22. The van der Waals surface area contributed by atoms with Crippen LogP contribution < -0.4 is 0 Å². The minimum absolute atomic E-state index is 0.0550. The van der Waals surface area contributed by atoms with Crippen LogP contribution in [0.15, 0.2) is 28.8 Å². The van der Waals surface area contributed by atoms with Crippen LogP contribution in [0.2, 0.25) is 0 Å². The highest BCUT2D eigenvalue weighted by Gasteiger charge is 2.24. The van der Waals surface area contributed by atoms with Crippen molar-refractivity contribution in [1.82, 2.24) is 10.1 Å². The predicted molar refractivity (Wildman–Crippen MR) is 67.0 cm³/mol. The Labute approximate surface area is 110 Å². The van der Waals surface area contributed by atoms with Gasteiger partial charge in [-0.25, -0.2) is 0 Å². The minimum Gasteiger partial charge on any atom is -0.370 e. The Morgan fingerprint density at radius 1 is 1.37 bits per heavy atom. The first-order valence-corrected chi connectivity index (χ1v) is 6.29. The molecular formula is C14H13N3O2. The van der Waals surface area contributed by atoms with Crippen molar-refractivity contribution in [3.63, 3.8) is 0 Å². The van der Waals surface area contributed by atoms with Crippen LogP contribution in [0.25, 0.3) is 11.5 Å². The summed E-state index contributed by atoms with van der Waals surface area (Å²) in [5.41, 5.74) is 1.72. The summed E-state index contributed by atoms with van der Waals surface area (Å²) in [5.74, 6) is 1.05. The molecule has 5 nitrogen and oxygen atoms in total. The van der Waals surface area contributed by atoms with Crippen molar-refractivity contribution < 1.29 is 9.26 Å². The Balaban J connectivity index is 1.92. The van der Waals surface area contributed by atoms with E-state index in [1.54, 1.807) is 0 Å². The number of hydrogen-bond acceptors (Lipinski definition) is 5. The van der Waals surface area contributed by atoms with E-state index in [4.69, 9.17) is 14.5 Å². The predicted octanol–water partition coefficient (Wildman–Crippen LogP) is 2.65. The first-order valence-electron chi connectivity index (χ1n) is 6.29. The molecule has 0 amide bonds. The van der Waals surface area contributed by atoms with Gasteiger partial charge in [0, 0.05) is 12.2 Å². The Bertz CT molecular complexity index is 609. The normalized spacial score (nSPS) is 18.4. The molecule has 3 rings (SSSR count). The molecule has 2 aromatic rings. The molecule has 1 aromatic carbocycles. The molecular weight excluding hydrogens is 242 g/mol. The maximum Gasteiger partial charge on any atom is 0.258 e. The number of aromatic nitrogens is 2. The number of rotatable bonds is 3. The summed E-state index contributed by atoms with van der Waals surface area (Å²) >= 11 is 0. The van der Waals surface area contributed by atoms with Gasteiger partial charge in [0.25, 0.3) is 5.89 Å². The van der Waals surface area contributed by atoms with Crippen molar-refractivity contribution in [1.29, 1.82) is 5.26 Å². The van der Waals surface area contributed by atoms with Crippen LogP contribution in [0.5, 0.6) is 0 Å². The molecule has 5 heteroatoms. The number of ether oxygens (including phenoxy) is 1. The van der Waals surface area contributed by atoms with E-state index in [0.717, 1.165) is 30.6 Å². The zero-order chi connectivity index (χ0) is 13.1. The largest absolute Gasteiger partial charge is 0.370 e. The molecule has 1 unspecified atom stereocenters. The minimum atomic E-state index is -0.0550. The van der Waals surface area contributed by atoms with Gasteiger partial charge < -0.3 is 9.26 Å². The molecule has 0 N–H and O–H groups in total. The number of nitrogens with zero attached hydrogens (tertiary/aromatic N) is 3. The van der Waals surface area contributed by atoms with Crippen LogP contribution in [-0.2, 0) is 11.2 Å². The van der Waals surface area contributed by atoms with E-state index in [0.29, 0.717) is 18.1 Å². The quantitative estimate of drug-likeness (QED) is 0.843. The fraction of sp³-hybridized carbons (Fsp3) is 0.357. The molecule has 19 heavy (non-hydrogen) atoms. The molecule has 1 fully saturated rings. The third-order valence-electron chi connectivity index (χ3n) is 3.18. The van der Waals surface area contributed by atoms with Gasteiger partial charge in [-0.05, 0) is 24.5 Å². The molecule has 1 aromatic heterocycles. The fourth-order valence-electron chi connectivity index (χ4n) is 2.22. The van der Waals surface area contributed by atoms with Gasteiger partial charge in [0.1, 0.15) is 6.10 Å². The maximum absolute atomic E-state index is 8.83. The van der Waals surface area contributed by atoms with Gasteiger partial charge in [-0.2, -0.15) is 10.2 Å². The summed E-state index contributed by atoms with van der Waals surface area (Å²) in [6.45, 7) is 0.750. The van der Waals surface area contributed by atoms with E-state index in [9.17, 15) is 0 Å². The second-order valence-corrected chi connectivity index (χ2v) is 4.45. The highest BCUT2D eigenvalue weighted by Crippen LogP contribution is 2.29. The highest BCUT2D eigenvalue weighted by molar-refractivity contribution is 5.59. The van der Waals surface area contributed by atoms with E-state index in [-0.39, 0.29) is 6.10 Å². The molecule has 96 valence electrons. The molecule has 1 atom stereocenters. The van der Waals surface area contributed by atoms with E-state index >= 15 is 0 Å². The summed E-state index contributed by atoms with van der Waals surface area (Å²) in [4.78, 5) is 4.39. The SMILES string of the molecule is N#CCc1ccccc1-c1nc(C2CCCO2)no1. The Morgan fingerprint density at radius 2 is 2.26 bits per heavy atom. The zero-order valence-electron chi connectivity index (χ0n) is 10.4. The molecule has 2 heterocycles. The van der Waals surface area contributed by atoms with Gasteiger partial charge in [-0.15, -0.1) is 0 Å². The van der Waals surface area contributed by atoms with Crippen LogP contribution in [0.1, 0.15) is 30.3 Å². The van der Waals surface area contributed by atoms with Gasteiger partial charge >= 0.3 is 0 Å². The molecule has 0 saturated carbocycles. The molecule has 1 aliphatic rings. The lowest BCUT2D eigenvalue weighted by Gasteiger charge is -2.02. The van der Waals surface area contributed by atoms with Crippen LogP contribution in [-0.4, -0.2) is 16.7 Å². The Kier molecular flexibility index (Phi) is 3.25. The van der Waals surface area contributed by atoms with Crippen molar-refractivity contribution in [2.45, 2.75) is 25.4 Å². The van der Waals surface area contributed by atoms with Crippen LogP contribution >= 0.6 is 0 Å². The lowest BCUT2D eigenvalue weighted by atomic mass is 10.1. The highest BCUT2D eigenvalue weighted by atomic mass is 16.5. The van der Waals surface area contributed by atoms with Crippen LogP contribution in [0.3, 0.4) is 0 Å². The van der Waals surface area contributed by atoms with Crippen molar-refractivity contribution >= 4 is 0 Å². The van der Waals surface area contributed by atoms with E-state index in [1.807, 2.05) is 24.3 Å². The second kappa shape index (κ2) is 5.21. The summed E-state index contributed by atoms with van der Waals surface area (Å²) in [5, 5.41) is 12.8. The molecule has 0 bridgehead atoms. The van der Waals surface area contributed by atoms with Crippen LogP contribution in [0.4, 0.5) is 0 Å². The standard InChI is InChI=1S/C14H13N3O2/c15-8-7-10-4-1-2-5-11(10)14-16-13(17-19-14)12-6-3-9-18-12/h1-2,4-5,12H,3,6-7,9H2. The molecule has 0 radical (unpaired) electrons.